The van der Waals surface area contributed by atoms with E-state index in [1.165, 1.54) is 6.07 Å². The molecule has 1 rings (SSSR count). The Morgan fingerprint density at radius 2 is 1.95 bits per heavy atom. The van der Waals surface area contributed by atoms with Gasteiger partial charge in [0.05, 0.1) is 4.92 Å². The summed E-state index contributed by atoms with van der Waals surface area (Å²) in [5, 5.41) is 13.3. The fraction of sp³-hybridized carbons (Fsp3) is 0.500. The summed E-state index contributed by atoms with van der Waals surface area (Å²) in [6.45, 7) is 0.621. The van der Waals surface area contributed by atoms with Gasteiger partial charge in [-0.2, -0.15) is 17.6 Å². The van der Waals surface area contributed by atoms with Crippen LogP contribution in [0.1, 0.15) is 24.8 Å². The Kier molecular flexibility index (Phi) is 5.87. The number of alkyl halides is 3. The molecular formula is C12H14F4N2O2. The van der Waals surface area contributed by atoms with Crippen molar-refractivity contribution < 1.29 is 22.5 Å². The first-order chi connectivity index (χ1) is 9.29. The molecule has 0 bridgehead atoms. The second kappa shape index (κ2) is 7.18. The standard InChI is InChI=1S/C12H14F4N2O2/c13-10-7-9(3-4-11(10)18(19)20)8-17-6-2-1-5-12(14,15)16/h3-4,7,17H,1-2,5-6,8H2. The van der Waals surface area contributed by atoms with Crippen LogP contribution in [0.4, 0.5) is 23.2 Å². The van der Waals surface area contributed by atoms with Crippen LogP contribution in [0.15, 0.2) is 18.2 Å². The smallest absolute Gasteiger partial charge is 0.313 e. The summed E-state index contributed by atoms with van der Waals surface area (Å²) in [6.07, 6.45) is -4.57. The van der Waals surface area contributed by atoms with E-state index < -0.39 is 29.0 Å². The predicted octanol–water partition coefficient (Wildman–Crippen LogP) is 3.56. The lowest BCUT2D eigenvalue weighted by Crippen LogP contribution is -2.16. The average Bonchev–Trinajstić information content (AvgIpc) is 2.32. The number of hydrogen-bond donors (Lipinski definition) is 1. The summed E-state index contributed by atoms with van der Waals surface area (Å²) in [6, 6.07) is 3.51. The van der Waals surface area contributed by atoms with Crippen LogP contribution in [0, 0.1) is 15.9 Å². The maximum Gasteiger partial charge on any atom is 0.389 e. The Hall–Kier alpha value is -1.70. The van der Waals surface area contributed by atoms with Gasteiger partial charge in [0.2, 0.25) is 5.82 Å². The molecule has 0 aliphatic heterocycles. The number of nitro benzene ring substituents is 1. The normalized spacial score (nSPS) is 11.6. The van der Waals surface area contributed by atoms with Crippen molar-refractivity contribution in [1.82, 2.24) is 5.32 Å². The molecule has 20 heavy (non-hydrogen) atoms. The molecule has 0 aliphatic carbocycles. The molecule has 1 aromatic carbocycles. The van der Waals surface area contributed by atoms with Gasteiger partial charge in [-0.05, 0) is 31.0 Å². The molecule has 1 aromatic rings. The van der Waals surface area contributed by atoms with Crippen molar-refractivity contribution in [2.24, 2.45) is 0 Å². The van der Waals surface area contributed by atoms with Crippen molar-refractivity contribution in [2.45, 2.75) is 32.0 Å². The zero-order valence-electron chi connectivity index (χ0n) is 10.5. The molecule has 0 saturated heterocycles. The molecule has 0 aromatic heterocycles. The molecule has 0 radical (unpaired) electrons. The molecule has 0 aliphatic rings. The summed E-state index contributed by atoms with van der Waals surface area (Å²) in [5.41, 5.74) is -0.0946. The van der Waals surface area contributed by atoms with Crippen LogP contribution < -0.4 is 5.32 Å². The van der Waals surface area contributed by atoms with E-state index in [0.29, 0.717) is 18.5 Å². The molecule has 0 heterocycles. The van der Waals surface area contributed by atoms with Gasteiger partial charge in [0, 0.05) is 19.0 Å². The molecule has 0 fully saturated rings. The van der Waals surface area contributed by atoms with Gasteiger partial charge in [-0.3, -0.25) is 10.1 Å². The summed E-state index contributed by atoms with van der Waals surface area (Å²) < 4.78 is 48.8. The summed E-state index contributed by atoms with van der Waals surface area (Å²) >= 11 is 0. The Bertz CT molecular complexity index is 463. The Balaban J connectivity index is 2.29. The summed E-state index contributed by atoms with van der Waals surface area (Å²) in [4.78, 5) is 9.59. The number of hydrogen-bond acceptors (Lipinski definition) is 3. The highest BCUT2D eigenvalue weighted by molar-refractivity contribution is 5.34. The quantitative estimate of drug-likeness (QED) is 0.362. The minimum atomic E-state index is -4.14. The van der Waals surface area contributed by atoms with Crippen molar-refractivity contribution in [3.63, 3.8) is 0 Å². The monoisotopic (exact) mass is 294 g/mol. The molecule has 0 amide bonds. The minimum absolute atomic E-state index is 0.0329. The van der Waals surface area contributed by atoms with E-state index in [1.807, 2.05) is 0 Å². The molecule has 0 unspecified atom stereocenters. The zero-order valence-corrected chi connectivity index (χ0v) is 10.5. The molecule has 0 spiro atoms. The third-order valence-electron chi connectivity index (χ3n) is 2.60. The topological polar surface area (TPSA) is 55.2 Å². The van der Waals surface area contributed by atoms with Crippen molar-refractivity contribution in [2.75, 3.05) is 6.54 Å². The van der Waals surface area contributed by atoms with E-state index >= 15 is 0 Å². The minimum Gasteiger partial charge on any atom is -0.313 e. The maximum atomic E-state index is 13.3. The van der Waals surface area contributed by atoms with Gasteiger partial charge in [0.25, 0.3) is 0 Å². The highest BCUT2D eigenvalue weighted by atomic mass is 19.4. The third kappa shape index (κ3) is 5.96. The lowest BCUT2D eigenvalue weighted by atomic mass is 10.2. The van der Waals surface area contributed by atoms with Gasteiger partial charge in [0.1, 0.15) is 0 Å². The van der Waals surface area contributed by atoms with Gasteiger partial charge in [0.15, 0.2) is 0 Å². The van der Waals surface area contributed by atoms with Crippen molar-refractivity contribution in [3.05, 3.63) is 39.7 Å². The lowest BCUT2D eigenvalue weighted by molar-refractivity contribution is -0.387. The van der Waals surface area contributed by atoms with E-state index in [-0.39, 0.29) is 13.0 Å². The zero-order chi connectivity index (χ0) is 15.2. The van der Waals surface area contributed by atoms with Crippen LogP contribution in [-0.2, 0) is 6.54 Å². The van der Waals surface area contributed by atoms with Crippen molar-refractivity contribution >= 4 is 5.69 Å². The van der Waals surface area contributed by atoms with E-state index in [1.54, 1.807) is 0 Å². The molecule has 8 heteroatoms. The molecule has 1 N–H and O–H groups in total. The first-order valence-electron chi connectivity index (χ1n) is 6.00. The highest BCUT2D eigenvalue weighted by Gasteiger charge is 2.25. The fourth-order valence-corrected chi connectivity index (χ4v) is 1.62. The van der Waals surface area contributed by atoms with Crippen molar-refractivity contribution in [3.8, 4) is 0 Å². The van der Waals surface area contributed by atoms with Crippen LogP contribution in [-0.4, -0.2) is 17.6 Å². The third-order valence-corrected chi connectivity index (χ3v) is 2.60. The average molecular weight is 294 g/mol. The Morgan fingerprint density at radius 3 is 2.50 bits per heavy atom. The van der Waals surface area contributed by atoms with Crippen LogP contribution in [0.25, 0.3) is 0 Å². The van der Waals surface area contributed by atoms with Gasteiger partial charge < -0.3 is 5.32 Å². The van der Waals surface area contributed by atoms with Gasteiger partial charge in [-0.15, -0.1) is 0 Å². The van der Waals surface area contributed by atoms with E-state index in [2.05, 4.69) is 5.32 Å². The Morgan fingerprint density at radius 1 is 1.25 bits per heavy atom. The molecule has 112 valence electrons. The summed E-state index contributed by atoms with van der Waals surface area (Å²) in [7, 11) is 0. The lowest BCUT2D eigenvalue weighted by Gasteiger charge is -2.07. The summed E-state index contributed by atoms with van der Waals surface area (Å²) in [5.74, 6) is -0.925. The first-order valence-corrected chi connectivity index (χ1v) is 6.00. The van der Waals surface area contributed by atoms with Crippen LogP contribution in [0.3, 0.4) is 0 Å². The van der Waals surface area contributed by atoms with E-state index in [9.17, 15) is 27.7 Å². The number of nitrogens with one attached hydrogen (secondary N) is 1. The predicted molar refractivity (Wildman–Crippen MR) is 64.7 cm³/mol. The highest BCUT2D eigenvalue weighted by Crippen LogP contribution is 2.22. The number of unbranched alkanes of at least 4 members (excludes halogenated alkanes) is 1. The first kappa shape index (κ1) is 16.4. The number of nitro groups is 1. The number of rotatable bonds is 7. The number of halogens is 4. The van der Waals surface area contributed by atoms with Crippen LogP contribution >= 0.6 is 0 Å². The largest absolute Gasteiger partial charge is 0.389 e. The second-order valence-corrected chi connectivity index (χ2v) is 4.29. The Labute approximate surface area is 112 Å². The number of benzene rings is 1. The van der Waals surface area contributed by atoms with Crippen molar-refractivity contribution in [1.29, 1.82) is 0 Å². The molecule has 0 atom stereocenters. The number of nitrogens with zero attached hydrogens (tertiary/aromatic N) is 1. The molecular weight excluding hydrogens is 280 g/mol. The fourth-order valence-electron chi connectivity index (χ4n) is 1.62. The van der Waals surface area contributed by atoms with Crippen LogP contribution in [0.2, 0.25) is 0 Å². The van der Waals surface area contributed by atoms with E-state index in [0.717, 1.165) is 12.1 Å². The molecule has 4 nitrogen and oxygen atoms in total. The van der Waals surface area contributed by atoms with Crippen LogP contribution in [0.5, 0.6) is 0 Å². The van der Waals surface area contributed by atoms with Gasteiger partial charge >= 0.3 is 11.9 Å². The maximum absolute atomic E-state index is 13.3. The second-order valence-electron chi connectivity index (χ2n) is 4.29. The van der Waals surface area contributed by atoms with E-state index in [4.69, 9.17) is 0 Å². The van der Waals surface area contributed by atoms with Gasteiger partial charge in [-0.1, -0.05) is 6.07 Å². The molecule has 0 saturated carbocycles. The van der Waals surface area contributed by atoms with Gasteiger partial charge in [-0.25, -0.2) is 0 Å². The SMILES string of the molecule is O=[N+]([O-])c1ccc(CNCCCCC(F)(F)F)cc1F.